The first-order chi connectivity index (χ1) is 8.49. The molecule has 0 aliphatic carbocycles. The van der Waals surface area contributed by atoms with E-state index in [1.54, 1.807) is 20.0 Å². The van der Waals surface area contributed by atoms with Crippen molar-refractivity contribution in [1.82, 2.24) is 9.71 Å². The van der Waals surface area contributed by atoms with Crippen LogP contribution in [0.15, 0.2) is 23.2 Å². The van der Waals surface area contributed by atoms with Crippen molar-refractivity contribution in [2.45, 2.75) is 24.8 Å². The van der Waals surface area contributed by atoms with E-state index in [4.69, 9.17) is 4.74 Å². The first kappa shape index (κ1) is 14.9. The molecule has 0 amide bonds. The SMILES string of the molecule is CCOCC(C)NS(=O)(=O)c1ccc(NC)nc1. The quantitative estimate of drug-likeness (QED) is 0.769. The van der Waals surface area contributed by atoms with Crippen LogP contribution in [0.5, 0.6) is 0 Å². The van der Waals surface area contributed by atoms with E-state index in [1.807, 2.05) is 6.92 Å². The van der Waals surface area contributed by atoms with Gasteiger partial charge >= 0.3 is 0 Å². The summed E-state index contributed by atoms with van der Waals surface area (Å²) < 4.78 is 31.6. The number of nitrogens with one attached hydrogen (secondary N) is 2. The molecule has 0 saturated carbocycles. The second kappa shape index (κ2) is 6.67. The first-order valence-corrected chi connectivity index (χ1v) is 7.21. The third-order valence-electron chi connectivity index (χ3n) is 2.23. The number of hydrogen-bond acceptors (Lipinski definition) is 5. The number of ether oxygens (including phenoxy) is 1. The molecule has 0 aromatic carbocycles. The number of aromatic nitrogens is 1. The molecular weight excluding hydrogens is 254 g/mol. The van der Waals surface area contributed by atoms with E-state index in [0.717, 1.165) is 0 Å². The highest BCUT2D eigenvalue weighted by Gasteiger charge is 2.17. The van der Waals surface area contributed by atoms with Crippen LogP contribution in [0.2, 0.25) is 0 Å². The molecule has 18 heavy (non-hydrogen) atoms. The largest absolute Gasteiger partial charge is 0.380 e. The molecule has 0 saturated heterocycles. The minimum Gasteiger partial charge on any atom is -0.380 e. The molecule has 0 bridgehead atoms. The topological polar surface area (TPSA) is 80.3 Å². The van der Waals surface area contributed by atoms with E-state index in [0.29, 0.717) is 19.0 Å². The highest BCUT2D eigenvalue weighted by atomic mass is 32.2. The second-order valence-electron chi connectivity index (χ2n) is 3.81. The summed E-state index contributed by atoms with van der Waals surface area (Å²) >= 11 is 0. The van der Waals surface area contributed by atoms with Crippen LogP contribution in [-0.2, 0) is 14.8 Å². The van der Waals surface area contributed by atoms with Crippen LogP contribution in [0.1, 0.15) is 13.8 Å². The molecule has 0 fully saturated rings. The van der Waals surface area contributed by atoms with E-state index in [2.05, 4.69) is 15.0 Å². The zero-order valence-corrected chi connectivity index (χ0v) is 11.6. The number of hydrogen-bond donors (Lipinski definition) is 2. The zero-order valence-electron chi connectivity index (χ0n) is 10.8. The summed E-state index contributed by atoms with van der Waals surface area (Å²) in [5.74, 6) is 0.622. The summed E-state index contributed by atoms with van der Waals surface area (Å²) in [7, 11) is -1.81. The summed E-state index contributed by atoms with van der Waals surface area (Å²) in [5, 5.41) is 2.83. The molecule has 0 spiro atoms. The summed E-state index contributed by atoms with van der Waals surface area (Å²) in [6, 6.07) is 2.84. The average Bonchev–Trinajstić information content (AvgIpc) is 2.36. The van der Waals surface area contributed by atoms with Gasteiger partial charge in [0.2, 0.25) is 10.0 Å². The maximum Gasteiger partial charge on any atom is 0.242 e. The van der Waals surface area contributed by atoms with Gasteiger partial charge in [0.15, 0.2) is 0 Å². The Morgan fingerprint density at radius 1 is 1.44 bits per heavy atom. The van der Waals surface area contributed by atoms with Crippen molar-refractivity contribution in [2.24, 2.45) is 0 Å². The van der Waals surface area contributed by atoms with Crippen LogP contribution in [0.3, 0.4) is 0 Å². The van der Waals surface area contributed by atoms with Gasteiger partial charge in [0, 0.05) is 25.9 Å². The molecule has 1 atom stereocenters. The van der Waals surface area contributed by atoms with Gasteiger partial charge in [-0.25, -0.2) is 18.1 Å². The molecule has 0 aliphatic rings. The molecule has 6 nitrogen and oxygen atoms in total. The molecule has 102 valence electrons. The van der Waals surface area contributed by atoms with Crippen LogP contribution in [0, 0.1) is 0 Å². The molecule has 7 heteroatoms. The van der Waals surface area contributed by atoms with E-state index >= 15 is 0 Å². The maximum absolute atomic E-state index is 12.0. The van der Waals surface area contributed by atoms with E-state index in [-0.39, 0.29) is 10.9 Å². The Morgan fingerprint density at radius 3 is 2.67 bits per heavy atom. The minimum atomic E-state index is -3.54. The summed E-state index contributed by atoms with van der Waals surface area (Å²) in [5.41, 5.74) is 0. The lowest BCUT2D eigenvalue weighted by Gasteiger charge is -2.13. The molecule has 0 radical (unpaired) electrons. The lowest BCUT2D eigenvalue weighted by Crippen LogP contribution is -2.35. The third kappa shape index (κ3) is 4.25. The van der Waals surface area contributed by atoms with Gasteiger partial charge in [0.25, 0.3) is 0 Å². The fourth-order valence-electron chi connectivity index (χ4n) is 1.35. The number of anilines is 1. The van der Waals surface area contributed by atoms with Crippen molar-refractivity contribution in [3.8, 4) is 0 Å². The van der Waals surface area contributed by atoms with Crippen molar-refractivity contribution in [3.05, 3.63) is 18.3 Å². The summed E-state index contributed by atoms with van der Waals surface area (Å²) in [4.78, 5) is 4.11. The Labute approximate surface area is 108 Å². The average molecular weight is 273 g/mol. The summed E-state index contributed by atoms with van der Waals surface area (Å²) in [6.45, 7) is 4.52. The highest BCUT2D eigenvalue weighted by Crippen LogP contribution is 2.10. The Bertz CT molecular complexity index is 459. The van der Waals surface area contributed by atoms with Crippen molar-refractivity contribution in [1.29, 1.82) is 0 Å². The molecule has 1 unspecified atom stereocenters. The predicted octanol–water partition coefficient (Wildman–Crippen LogP) is 0.827. The molecule has 1 rings (SSSR count). The third-order valence-corrected chi connectivity index (χ3v) is 3.81. The lowest BCUT2D eigenvalue weighted by atomic mass is 10.4. The number of nitrogens with zero attached hydrogens (tertiary/aromatic N) is 1. The first-order valence-electron chi connectivity index (χ1n) is 5.73. The van der Waals surface area contributed by atoms with Gasteiger partial charge in [-0.05, 0) is 26.0 Å². The van der Waals surface area contributed by atoms with Gasteiger partial charge in [-0.15, -0.1) is 0 Å². The predicted molar refractivity (Wildman–Crippen MR) is 70.1 cm³/mol. The molecule has 0 aliphatic heterocycles. The van der Waals surface area contributed by atoms with Crippen LogP contribution < -0.4 is 10.0 Å². The van der Waals surface area contributed by atoms with Crippen LogP contribution in [-0.4, -0.2) is 39.7 Å². The Hall–Kier alpha value is -1.18. The fraction of sp³-hybridized carbons (Fsp3) is 0.545. The van der Waals surface area contributed by atoms with E-state index in [9.17, 15) is 8.42 Å². The number of rotatable bonds is 7. The molecule has 2 N–H and O–H groups in total. The zero-order chi connectivity index (χ0) is 13.6. The maximum atomic E-state index is 12.0. The molecule has 1 heterocycles. The Morgan fingerprint density at radius 2 is 2.17 bits per heavy atom. The van der Waals surface area contributed by atoms with Gasteiger partial charge in [-0.1, -0.05) is 0 Å². The Balaban J connectivity index is 2.73. The van der Waals surface area contributed by atoms with Crippen molar-refractivity contribution < 1.29 is 13.2 Å². The van der Waals surface area contributed by atoms with Gasteiger partial charge in [0.05, 0.1) is 6.61 Å². The minimum absolute atomic E-state index is 0.143. The van der Waals surface area contributed by atoms with E-state index in [1.165, 1.54) is 12.3 Å². The van der Waals surface area contributed by atoms with Crippen molar-refractivity contribution >= 4 is 15.8 Å². The van der Waals surface area contributed by atoms with Crippen LogP contribution >= 0.6 is 0 Å². The molecule has 1 aromatic heterocycles. The van der Waals surface area contributed by atoms with Gasteiger partial charge < -0.3 is 10.1 Å². The highest BCUT2D eigenvalue weighted by molar-refractivity contribution is 7.89. The van der Waals surface area contributed by atoms with Gasteiger partial charge in [-0.3, -0.25) is 0 Å². The van der Waals surface area contributed by atoms with Crippen molar-refractivity contribution in [3.63, 3.8) is 0 Å². The molecular formula is C11H19N3O3S. The van der Waals surface area contributed by atoms with Crippen molar-refractivity contribution in [2.75, 3.05) is 25.6 Å². The number of sulfonamides is 1. The second-order valence-corrected chi connectivity index (χ2v) is 5.52. The normalized spacial score (nSPS) is 13.3. The van der Waals surface area contributed by atoms with Crippen LogP contribution in [0.25, 0.3) is 0 Å². The van der Waals surface area contributed by atoms with E-state index < -0.39 is 10.0 Å². The Kier molecular flexibility index (Phi) is 5.52. The fourth-order valence-corrected chi connectivity index (χ4v) is 2.52. The summed E-state index contributed by atoms with van der Waals surface area (Å²) in [6.07, 6.45) is 1.32. The van der Waals surface area contributed by atoms with Gasteiger partial charge in [0.1, 0.15) is 10.7 Å². The monoisotopic (exact) mass is 273 g/mol. The smallest absolute Gasteiger partial charge is 0.242 e. The van der Waals surface area contributed by atoms with Gasteiger partial charge in [-0.2, -0.15) is 0 Å². The standard InChI is InChI=1S/C11H19N3O3S/c1-4-17-8-9(2)14-18(15,16)10-5-6-11(12-3)13-7-10/h5-7,9,14H,4,8H2,1-3H3,(H,12,13). The lowest BCUT2D eigenvalue weighted by molar-refractivity contribution is 0.133. The van der Waals surface area contributed by atoms with Crippen LogP contribution in [0.4, 0.5) is 5.82 Å². The number of pyridine rings is 1. The molecule has 1 aromatic rings.